The molecule has 0 aliphatic carbocycles. The minimum atomic E-state index is -0.779. The fraction of sp³-hybridized carbons (Fsp3) is 0.625. The minimum Gasteiger partial charge on any atom is -0.481 e. The maximum atomic E-state index is 10.5. The minimum absolute atomic E-state index is 0.344. The Morgan fingerprint density at radius 3 is 2.93 bits per heavy atom. The van der Waals surface area contributed by atoms with Crippen molar-refractivity contribution < 1.29 is 14.4 Å². The standard InChI is InChI=1S/C8H12N2O3S/c1-5(8(11)12)3-14-4-7-9-6(2)10-13-7/h5H,3-4H2,1-2H3,(H,11,12). The predicted octanol–water partition coefficient (Wildman–Crippen LogP) is 1.33. The number of carbonyl (C=O) groups is 1. The molecule has 6 heteroatoms. The Morgan fingerprint density at radius 1 is 1.71 bits per heavy atom. The lowest BCUT2D eigenvalue weighted by Gasteiger charge is -2.02. The van der Waals surface area contributed by atoms with Crippen molar-refractivity contribution in [2.24, 2.45) is 5.92 Å². The molecule has 0 bridgehead atoms. The first kappa shape index (κ1) is 11.0. The molecule has 1 rings (SSSR count). The first-order chi connectivity index (χ1) is 6.59. The molecule has 1 aromatic rings. The summed E-state index contributed by atoms with van der Waals surface area (Å²) in [6, 6.07) is 0. The Labute approximate surface area is 85.9 Å². The van der Waals surface area contributed by atoms with Gasteiger partial charge in [0.25, 0.3) is 0 Å². The van der Waals surface area contributed by atoms with Gasteiger partial charge in [0.1, 0.15) is 0 Å². The molecule has 0 amide bonds. The second kappa shape index (κ2) is 4.99. The van der Waals surface area contributed by atoms with E-state index in [9.17, 15) is 4.79 Å². The van der Waals surface area contributed by atoms with Crippen molar-refractivity contribution in [2.75, 3.05) is 5.75 Å². The van der Waals surface area contributed by atoms with E-state index in [1.54, 1.807) is 13.8 Å². The van der Waals surface area contributed by atoms with Gasteiger partial charge in [-0.05, 0) is 6.92 Å². The molecular formula is C8H12N2O3S. The van der Waals surface area contributed by atoms with E-state index in [0.29, 0.717) is 23.2 Å². The fourth-order valence-corrected chi connectivity index (χ4v) is 1.70. The van der Waals surface area contributed by atoms with Gasteiger partial charge in [-0.15, -0.1) is 0 Å². The number of carboxylic acid groups (broad SMARTS) is 1. The van der Waals surface area contributed by atoms with Gasteiger partial charge in [-0.25, -0.2) is 0 Å². The molecule has 0 aliphatic heterocycles. The van der Waals surface area contributed by atoms with Gasteiger partial charge in [0, 0.05) is 5.75 Å². The highest BCUT2D eigenvalue weighted by Crippen LogP contribution is 2.14. The van der Waals surface area contributed by atoms with Crippen LogP contribution >= 0.6 is 11.8 Å². The number of aliphatic carboxylic acids is 1. The molecule has 5 nitrogen and oxygen atoms in total. The van der Waals surface area contributed by atoms with Gasteiger partial charge in [0.05, 0.1) is 11.7 Å². The van der Waals surface area contributed by atoms with Crippen molar-refractivity contribution in [3.05, 3.63) is 11.7 Å². The van der Waals surface area contributed by atoms with Crippen LogP contribution in [0.5, 0.6) is 0 Å². The summed E-state index contributed by atoms with van der Waals surface area (Å²) in [6.45, 7) is 3.42. The van der Waals surface area contributed by atoms with Crippen molar-refractivity contribution in [1.29, 1.82) is 0 Å². The number of hydrogen-bond donors (Lipinski definition) is 1. The van der Waals surface area contributed by atoms with Gasteiger partial charge in [-0.1, -0.05) is 12.1 Å². The van der Waals surface area contributed by atoms with E-state index in [2.05, 4.69) is 10.1 Å². The maximum absolute atomic E-state index is 10.5. The highest BCUT2D eigenvalue weighted by Gasteiger charge is 2.11. The zero-order valence-corrected chi connectivity index (χ0v) is 8.87. The smallest absolute Gasteiger partial charge is 0.307 e. The van der Waals surface area contributed by atoms with Gasteiger partial charge in [0.2, 0.25) is 5.89 Å². The Bertz CT molecular complexity index is 313. The Morgan fingerprint density at radius 2 is 2.43 bits per heavy atom. The number of rotatable bonds is 5. The summed E-state index contributed by atoms with van der Waals surface area (Å²) in [5.41, 5.74) is 0. The molecule has 0 fully saturated rings. The molecule has 0 saturated carbocycles. The lowest BCUT2D eigenvalue weighted by Crippen LogP contribution is -2.11. The second-order valence-electron chi connectivity index (χ2n) is 2.99. The van der Waals surface area contributed by atoms with Crippen LogP contribution in [0.4, 0.5) is 0 Å². The van der Waals surface area contributed by atoms with Crippen molar-refractivity contribution >= 4 is 17.7 Å². The Kier molecular flexibility index (Phi) is 3.94. The van der Waals surface area contributed by atoms with Crippen LogP contribution in [0.2, 0.25) is 0 Å². The highest BCUT2D eigenvalue weighted by molar-refractivity contribution is 7.98. The van der Waals surface area contributed by atoms with Crippen LogP contribution in [0.15, 0.2) is 4.52 Å². The summed E-state index contributed by atoms with van der Waals surface area (Å²) < 4.78 is 4.88. The third kappa shape index (κ3) is 3.37. The van der Waals surface area contributed by atoms with E-state index in [-0.39, 0.29) is 5.92 Å². The Balaban J connectivity index is 2.25. The van der Waals surface area contributed by atoms with Crippen molar-refractivity contribution in [3.8, 4) is 0 Å². The van der Waals surface area contributed by atoms with E-state index >= 15 is 0 Å². The topological polar surface area (TPSA) is 76.2 Å². The van der Waals surface area contributed by atoms with Crippen LogP contribution in [0.1, 0.15) is 18.6 Å². The SMILES string of the molecule is Cc1noc(CSCC(C)C(=O)O)n1. The van der Waals surface area contributed by atoms with E-state index in [0.717, 1.165) is 0 Å². The lowest BCUT2D eigenvalue weighted by molar-refractivity contribution is -0.140. The number of aryl methyl sites for hydroxylation is 1. The quantitative estimate of drug-likeness (QED) is 0.800. The van der Waals surface area contributed by atoms with Gasteiger partial charge in [0.15, 0.2) is 5.82 Å². The molecule has 0 spiro atoms. The molecule has 1 heterocycles. The van der Waals surface area contributed by atoms with E-state index in [1.165, 1.54) is 11.8 Å². The van der Waals surface area contributed by atoms with E-state index in [1.807, 2.05) is 0 Å². The summed E-state index contributed by atoms with van der Waals surface area (Å²) >= 11 is 1.48. The molecule has 1 aromatic heterocycles. The second-order valence-corrected chi connectivity index (χ2v) is 4.02. The summed E-state index contributed by atoms with van der Waals surface area (Å²) in [7, 11) is 0. The van der Waals surface area contributed by atoms with Crippen LogP contribution < -0.4 is 0 Å². The van der Waals surface area contributed by atoms with Crippen molar-refractivity contribution in [2.45, 2.75) is 19.6 Å². The average Bonchev–Trinajstić information content (AvgIpc) is 2.51. The summed E-state index contributed by atoms with van der Waals surface area (Å²) in [5.74, 6) is 1.15. The molecule has 0 aliphatic rings. The van der Waals surface area contributed by atoms with Crippen LogP contribution in [0.25, 0.3) is 0 Å². The average molecular weight is 216 g/mol. The van der Waals surface area contributed by atoms with E-state index < -0.39 is 5.97 Å². The molecular weight excluding hydrogens is 204 g/mol. The Hall–Kier alpha value is -1.04. The lowest BCUT2D eigenvalue weighted by atomic mass is 10.2. The first-order valence-electron chi connectivity index (χ1n) is 4.19. The summed E-state index contributed by atoms with van der Waals surface area (Å²) in [4.78, 5) is 14.5. The predicted molar refractivity (Wildman–Crippen MR) is 52.0 cm³/mol. The number of nitrogens with zero attached hydrogens (tertiary/aromatic N) is 2. The number of aromatic nitrogens is 2. The third-order valence-corrected chi connectivity index (χ3v) is 2.77. The molecule has 14 heavy (non-hydrogen) atoms. The zero-order chi connectivity index (χ0) is 10.6. The summed E-state index contributed by atoms with van der Waals surface area (Å²) in [6.07, 6.45) is 0. The number of hydrogen-bond acceptors (Lipinski definition) is 5. The largest absolute Gasteiger partial charge is 0.481 e. The molecule has 0 aromatic carbocycles. The van der Waals surface area contributed by atoms with Gasteiger partial charge < -0.3 is 9.63 Å². The van der Waals surface area contributed by atoms with E-state index in [4.69, 9.17) is 9.63 Å². The first-order valence-corrected chi connectivity index (χ1v) is 5.35. The summed E-state index contributed by atoms with van der Waals surface area (Å²) in [5, 5.41) is 12.3. The monoisotopic (exact) mass is 216 g/mol. The molecule has 0 radical (unpaired) electrons. The van der Waals surface area contributed by atoms with Crippen LogP contribution in [-0.4, -0.2) is 27.0 Å². The maximum Gasteiger partial charge on any atom is 0.307 e. The van der Waals surface area contributed by atoms with Crippen LogP contribution in [0.3, 0.4) is 0 Å². The number of thioether (sulfide) groups is 1. The van der Waals surface area contributed by atoms with Gasteiger partial charge >= 0.3 is 5.97 Å². The normalized spacial score (nSPS) is 12.7. The van der Waals surface area contributed by atoms with Crippen LogP contribution in [0, 0.1) is 12.8 Å². The van der Waals surface area contributed by atoms with Crippen LogP contribution in [-0.2, 0) is 10.5 Å². The fourth-order valence-electron chi connectivity index (χ4n) is 0.793. The third-order valence-electron chi connectivity index (χ3n) is 1.58. The van der Waals surface area contributed by atoms with Gasteiger partial charge in [-0.3, -0.25) is 4.79 Å². The zero-order valence-electron chi connectivity index (χ0n) is 8.06. The molecule has 1 N–H and O–H groups in total. The van der Waals surface area contributed by atoms with Crippen molar-refractivity contribution in [3.63, 3.8) is 0 Å². The molecule has 1 atom stereocenters. The number of carboxylic acids is 1. The molecule has 78 valence electrons. The highest BCUT2D eigenvalue weighted by atomic mass is 32.2. The van der Waals surface area contributed by atoms with Gasteiger partial charge in [-0.2, -0.15) is 16.7 Å². The molecule has 0 saturated heterocycles. The molecule has 1 unspecified atom stereocenters. The van der Waals surface area contributed by atoms with Crippen molar-refractivity contribution in [1.82, 2.24) is 10.1 Å².